The second-order valence-corrected chi connectivity index (χ2v) is 8.30. The summed E-state index contributed by atoms with van der Waals surface area (Å²) in [4.78, 5) is 16.8. The molecule has 0 saturated carbocycles. The second kappa shape index (κ2) is 10.7. The van der Waals surface area contributed by atoms with E-state index in [0.29, 0.717) is 31.4 Å². The van der Waals surface area contributed by atoms with Crippen LogP contribution >= 0.6 is 12.4 Å². The van der Waals surface area contributed by atoms with E-state index in [9.17, 15) is 13.6 Å². The number of benzene rings is 2. The van der Waals surface area contributed by atoms with Crippen LogP contribution in [-0.2, 0) is 20.7 Å². The first kappa shape index (κ1) is 24.6. The van der Waals surface area contributed by atoms with E-state index >= 15 is 0 Å². The van der Waals surface area contributed by atoms with Gasteiger partial charge in [-0.2, -0.15) is 0 Å². The van der Waals surface area contributed by atoms with Gasteiger partial charge in [0, 0.05) is 26.7 Å². The van der Waals surface area contributed by atoms with Gasteiger partial charge in [0.1, 0.15) is 11.6 Å². The molecule has 0 bridgehead atoms. The molecule has 32 heavy (non-hydrogen) atoms. The molecule has 1 amide bonds. The van der Waals surface area contributed by atoms with Gasteiger partial charge < -0.3 is 19.3 Å². The van der Waals surface area contributed by atoms with Gasteiger partial charge >= 0.3 is 0 Å². The minimum absolute atomic E-state index is 0. The van der Waals surface area contributed by atoms with Crippen LogP contribution in [-0.4, -0.2) is 62.4 Å². The van der Waals surface area contributed by atoms with E-state index in [1.165, 1.54) is 24.1 Å². The van der Waals surface area contributed by atoms with Crippen molar-refractivity contribution in [3.05, 3.63) is 65.7 Å². The maximum absolute atomic E-state index is 14.5. The lowest BCUT2D eigenvalue weighted by Gasteiger charge is -2.49. The number of methoxy groups -OCH3 is 1. The number of hydrogen-bond donors (Lipinski definition) is 0. The Balaban J connectivity index is 0.00000289. The lowest BCUT2D eigenvalue weighted by molar-refractivity contribution is -0.172. The molecule has 2 aromatic carbocycles. The predicted octanol–water partition coefficient (Wildman–Crippen LogP) is 3.84. The van der Waals surface area contributed by atoms with Crippen LogP contribution in [0.5, 0.6) is 0 Å². The van der Waals surface area contributed by atoms with Crippen LogP contribution in [0.3, 0.4) is 0 Å². The molecule has 2 aromatic rings. The highest BCUT2D eigenvalue weighted by Crippen LogP contribution is 2.36. The van der Waals surface area contributed by atoms with Crippen molar-refractivity contribution in [2.24, 2.45) is 0 Å². The maximum Gasteiger partial charge on any atom is 0.258 e. The summed E-state index contributed by atoms with van der Waals surface area (Å²) in [6.45, 7) is 2.74. The van der Waals surface area contributed by atoms with Crippen LogP contribution in [0.25, 0.3) is 0 Å². The first-order valence-corrected chi connectivity index (χ1v) is 10.7. The van der Waals surface area contributed by atoms with Gasteiger partial charge in [-0.1, -0.05) is 30.3 Å². The quantitative estimate of drug-likeness (QED) is 0.648. The van der Waals surface area contributed by atoms with Gasteiger partial charge in [0.25, 0.3) is 5.91 Å². The molecule has 2 saturated heterocycles. The molecular formula is C24H29ClF2N2O3. The molecule has 4 rings (SSSR count). The molecular weight excluding hydrogens is 438 g/mol. The normalized spacial score (nSPS) is 20.9. The first-order valence-electron chi connectivity index (χ1n) is 10.7. The van der Waals surface area contributed by atoms with E-state index in [2.05, 4.69) is 4.90 Å². The number of amides is 1. The third-order valence-corrected chi connectivity index (χ3v) is 6.26. The van der Waals surface area contributed by atoms with Crippen LogP contribution in [0.1, 0.15) is 18.4 Å². The molecule has 1 atom stereocenters. The Morgan fingerprint density at radius 3 is 2.38 bits per heavy atom. The molecule has 2 fully saturated rings. The molecule has 2 heterocycles. The van der Waals surface area contributed by atoms with Crippen molar-refractivity contribution in [1.82, 2.24) is 4.90 Å². The molecule has 1 spiro atoms. The number of piperidine rings is 1. The maximum atomic E-state index is 14.5. The van der Waals surface area contributed by atoms with Crippen molar-refractivity contribution in [3.63, 3.8) is 0 Å². The lowest BCUT2D eigenvalue weighted by atomic mass is 9.88. The number of ether oxygens (including phenoxy) is 2. The Labute approximate surface area is 193 Å². The monoisotopic (exact) mass is 466 g/mol. The van der Waals surface area contributed by atoms with Gasteiger partial charge in [-0.3, -0.25) is 4.79 Å². The van der Waals surface area contributed by atoms with Crippen molar-refractivity contribution >= 4 is 24.0 Å². The Kier molecular flexibility index (Phi) is 8.22. The van der Waals surface area contributed by atoms with Gasteiger partial charge in [-0.25, -0.2) is 8.78 Å². The highest BCUT2D eigenvalue weighted by Gasteiger charge is 2.47. The Morgan fingerprint density at radius 2 is 1.72 bits per heavy atom. The highest BCUT2D eigenvalue weighted by atomic mass is 35.5. The van der Waals surface area contributed by atoms with Crippen molar-refractivity contribution in [3.8, 4) is 0 Å². The minimum Gasteiger partial charge on any atom is -0.381 e. The van der Waals surface area contributed by atoms with Crippen LogP contribution in [0.4, 0.5) is 14.5 Å². The zero-order valence-electron chi connectivity index (χ0n) is 18.1. The zero-order chi connectivity index (χ0) is 21.8. The largest absolute Gasteiger partial charge is 0.381 e. The average Bonchev–Trinajstić information content (AvgIpc) is 2.77. The fourth-order valence-electron chi connectivity index (χ4n) is 4.50. The van der Waals surface area contributed by atoms with Gasteiger partial charge in [0.2, 0.25) is 0 Å². The third-order valence-electron chi connectivity index (χ3n) is 6.26. The van der Waals surface area contributed by atoms with Crippen LogP contribution in [0.15, 0.2) is 48.5 Å². The van der Waals surface area contributed by atoms with E-state index in [1.54, 1.807) is 24.3 Å². The summed E-state index contributed by atoms with van der Waals surface area (Å²) in [6, 6.07) is 13.2. The van der Waals surface area contributed by atoms with Crippen LogP contribution < -0.4 is 4.90 Å². The van der Waals surface area contributed by atoms with Gasteiger partial charge in [-0.15, -0.1) is 12.4 Å². The fraction of sp³-hybridized carbons (Fsp3) is 0.458. The topological polar surface area (TPSA) is 42.0 Å². The predicted molar refractivity (Wildman–Crippen MR) is 121 cm³/mol. The number of hydrogen-bond acceptors (Lipinski definition) is 4. The number of rotatable bonds is 6. The van der Waals surface area contributed by atoms with Crippen molar-refractivity contribution < 1.29 is 23.0 Å². The molecule has 8 heteroatoms. The van der Waals surface area contributed by atoms with Gasteiger partial charge in [0.15, 0.2) is 6.10 Å². The van der Waals surface area contributed by atoms with E-state index in [4.69, 9.17) is 9.47 Å². The summed E-state index contributed by atoms with van der Waals surface area (Å²) < 4.78 is 39.8. The van der Waals surface area contributed by atoms with Crippen LogP contribution in [0.2, 0.25) is 0 Å². The summed E-state index contributed by atoms with van der Waals surface area (Å²) in [5.41, 5.74) is 0.444. The average molecular weight is 467 g/mol. The third kappa shape index (κ3) is 5.29. The number of anilines is 1. The number of carbonyl (C=O) groups is 1. The number of nitrogens with zero attached hydrogens (tertiary/aromatic N) is 2. The number of halogens is 3. The van der Waals surface area contributed by atoms with Gasteiger partial charge in [0.05, 0.1) is 24.4 Å². The molecule has 1 unspecified atom stereocenters. The SMILES string of the molecule is COCC1OC2(CCN(CCc3ccccc3F)CC2)CN(c2ccccc2F)C1=O.Cl. The Bertz CT molecular complexity index is 922. The van der Waals surface area contributed by atoms with E-state index in [-0.39, 0.29) is 36.4 Å². The fourth-order valence-corrected chi connectivity index (χ4v) is 4.50. The molecule has 174 valence electrons. The van der Waals surface area contributed by atoms with Crippen LogP contribution in [0, 0.1) is 11.6 Å². The number of likely N-dealkylation sites (tertiary alicyclic amines) is 1. The molecule has 5 nitrogen and oxygen atoms in total. The summed E-state index contributed by atoms with van der Waals surface area (Å²) in [6.07, 6.45) is 1.31. The summed E-state index contributed by atoms with van der Waals surface area (Å²) in [5, 5.41) is 0. The smallest absolute Gasteiger partial charge is 0.258 e. The Morgan fingerprint density at radius 1 is 1.06 bits per heavy atom. The second-order valence-electron chi connectivity index (χ2n) is 8.30. The standard InChI is InChI=1S/C24H28F2N2O3.ClH/c1-30-16-22-23(29)28(21-9-5-4-8-20(21)26)17-24(31-22)11-14-27(15-12-24)13-10-18-6-2-3-7-19(18)25;/h2-9,22H,10-17H2,1H3;1H. The molecule has 0 aromatic heterocycles. The van der Waals surface area contributed by atoms with Crippen molar-refractivity contribution in [1.29, 1.82) is 0 Å². The van der Waals surface area contributed by atoms with E-state index < -0.39 is 17.5 Å². The molecule has 0 N–H and O–H groups in total. The van der Waals surface area contributed by atoms with E-state index in [1.807, 2.05) is 12.1 Å². The number of morpholine rings is 1. The highest BCUT2D eigenvalue weighted by molar-refractivity contribution is 5.97. The van der Waals surface area contributed by atoms with Crippen molar-refractivity contribution in [2.45, 2.75) is 31.0 Å². The lowest BCUT2D eigenvalue weighted by Crippen LogP contribution is -2.63. The summed E-state index contributed by atoms with van der Waals surface area (Å²) in [5.74, 6) is -0.876. The summed E-state index contributed by atoms with van der Waals surface area (Å²) in [7, 11) is 1.52. The molecule has 0 radical (unpaired) electrons. The first-order chi connectivity index (χ1) is 15.0. The van der Waals surface area contributed by atoms with E-state index in [0.717, 1.165) is 19.6 Å². The van der Waals surface area contributed by atoms with Crippen molar-refractivity contribution in [2.75, 3.05) is 44.8 Å². The Hall–Kier alpha value is -2.06. The molecule has 2 aliphatic heterocycles. The zero-order valence-corrected chi connectivity index (χ0v) is 19.0. The molecule has 0 aliphatic carbocycles. The summed E-state index contributed by atoms with van der Waals surface area (Å²) >= 11 is 0. The number of carbonyl (C=O) groups excluding carboxylic acids is 1. The number of para-hydroxylation sites is 1. The van der Waals surface area contributed by atoms with Gasteiger partial charge in [-0.05, 0) is 43.0 Å². The minimum atomic E-state index is -0.761. The molecule has 2 aliphatic rings.